The Morgan fingerprint density at radius 3 is 2.56 bits per heavy atom. The Labute approximate surface area is 201 Å². The lowest BCUT2D eigenvalue weighted by Crippen LogP contribution is -2.46. The molecule has 1 unspecified atom stereocenters. The second kappa shape index (κ2) is 11.6. The van der Waals surface area contributed by atoms with Crippen molar-refractivity contribution in [2.24, 2.45) is 0 Å². The molecule has 0 aromatic heterocycles. The van der Waals surface area contributed by atoms with Crippen LogP contribution in [0.2, 0.25) is 0 Å². The summed E-state index contributed by atoms with van der Waals surface area (Å²) in [6.45, 7) is 6.67. The third-order valence-corrected chi connectivity index (χ3v) is 5.53. The Morgan fingerprint density at radius 2 is 1.82 bits per heavy atom. The van der Waals surface area contributed by atoms with E-state index < -0.39 is 6.10 Å². The molecular formula is C28H32N2O4. The van der Waals surface area contributed by atoms with Crippen LogP contribution in [-0.2, 0) is 22.4 Å². The number of benzene rings is 3. The maximum atomic E-state index is 11.7. The molecule has 3 aromatic carbocycles. The second-order valence-corrected chi connectivity index (χ2v) is 9.01. The Hall–Kier alpha value is -3.40. The lowest BCUT2D eigenvalue weighted by Gasteiger charge is -2.28. The molecule has 0 saturated heterocycles. The van der Waals surface area contributed by atoms with E-state index in [1.54, 1.807) is 25.1 Å². The van der Waals surface area contributed by atoms with E-state index in [0.29, 0.717) is 30.0 Å². The van der Waals surface area contributed by atoms with E-state index in [1.807, 2.05) is 12.1 Å². The summed E-state index contributed by atoms with van der Waals surface area (Å²) >= 11 is 0. The summed E-state index contributed by atoms with van der Waals surface area (Å²) in [4.78, 5) is 11.7. The molecule has 0 aliphatic rings. The summed E-state index contributed by atoms with van der Waals surface area (Å²) < 4.78 is 10.6. The number of rotatable bonds is 11. The van der Waals surface area contributed by atoms with E-state index >= 15 is 0 Å². The summed E-state index contributed by atoms with van der Waals surface area (Å²) in [5.74, 6) is 0.0393. The van der Waals surface area contributed by atoms with Crippen LogP contribution in [0.25, 0.3) is 10.8 Å². The Balaban J connectivity index is 1.51. The molecule has 178 valence electrons. The predicted octanol–water partition coefficient (Wildman–Crippen LogP) is 4.17. The van der Waals surface area contributed by atoms with Crippen molar-refractivity contribution in [3.05, 3.63) is 77.4 Å². The fraction of sp³-hybridized carbons (Fsp3) is 0.357. The zero-order valence-electron chi connectivity index (χ0n) is 20.0. The highest BCUT2D eigenvalue weighted by Crippen LogP contribution is 2.21. The average Bonchev–Trinajstić information content (AvgIpc) is 2.81. The van der Waals surface area contributed by atoms with Gasteiger partial charge in [-0.3, -0.25) is 4.79 Å². The Kier molecular flexibility index (Phi) is 8.64. The van der Waals surface area contributed by atoms with Crippen molar-refractivity contribution < 1.29 is 19.4 Å². The molecular weight excluding hydrogens is 428 g/mol. The van der Waals surface area contributed by atoms with Gasteiger partial charge in [0.05, 0.1) is 18.6 Å². The molecule has 0 bridgehead atoms. The largest absolute Gasteiger partial charge is 0.489 e. The zero-order chi connectivity index (χ0) is 24.6. The van der Waals surface area contributed by atoms with Gasteiger partial charge in [-0.25, -0.2) is 0 Å². The minimum Gasteiger partial charge on any atom is -0.489 e. The molecule has 3 rings (SSSR count). The van der Waals surface area contributed by atoms with Gasteiger partial charge in [-0.05, 0) is 61.2 Å². The SMILES string of the molecule is CCOC(=O)Cc1ccc(OCC(O)CNC(C)(C)Cc2ccc3ccccc3c2)c(C#N)c1. The van der Waals surface area contributed by atoms with Crippen molar-refractivity contribution >= 4 is 16.7 Å². The van der Waals surface area contributed by atoms with E-state index in [-0.39, 0.29) is 24.5 Å². The lowest BCUT2D eigenvalue weighted by atomic mass is 9.93. The minimum absolute atomic E-state index is 0.0466. The number of esters is 1. The molecule has 6 heteroatoms. The third-order valence-electron chi connectivity index (χ3n) is 5.53. The molecule has 1 atom stereocenters. The molecule has 0 aliphatic heterocycles. The fourth-order valence-electron chi connectivity index (χ4n) is 3.84. The minimum atomic E-state index is -0.748. The number of nitriles is 1. The standard InChI is InChI=1S/C28H32N2O4/c1-4-33-27(32)15-20-10-12-26(24(13-20)17-29)34-19-25(31)18-30-28(2,3)16-21-9-11-22-7-5-6-8-23(22)14-21/h5-14,25,30-31H,4,15-16,18-19H2,1-3H3. The van der Waals surface area contributed by atoms with Gasteiger partial charge in [0.15, 0.2) is 0 Å². The van der Waals surface area contributed by atoms with Crippen molar-refractivity contribution in [2.45, 2.75) is 45.3 Å². The number of β-amino-alcohol motifs (C(OH)–C–C–N with tert-alkyl or cyclic N) is 1. The molecule has 0 amide bonds. The quantitative estimate of drug-likeness (QED) is 0.418. The van der Waals surface area contributed by atoms with Crippen molar-refractivity contribution in [3.63, 3.8) is 0 Å². The van der Waals surface area contributed by atoms with Gasteiger partial charge in [-0.15, -0.1) is 0 Å². The van der Waals surface area contributed by atoms with Crippen molar-refractivity contribution in [1.29, 1.82) is 5.26 Å². The number of carbonyl (C=O) groups excluding carboxylic acids is 1. The summed E-state index contributed by atoms with van der Waals surface area (Å²) in [6.07, 6.45) is 0.162. The highest BCUT2D eigenvalue weighted by molar-refractivity contribution is 5.83. The molecule has 34 heavy (non-hydrogen) atoms. The smallest absolute Gasteiger partial charge is 0.310 e. The van der Waals surface area contributed by atoms with Crippen LogP contribution in [0, 0.1) is 11.3 Å². The van der Waals surface area contributed by atoms with Gasteiger partial charge in [0, 0.05) is 12.1 Å². The van der Waals surface area contributed by atoms with Crippen molar-refractivity contribution in [2.75, 3.05) is 19.8 Å². The number of nitrogens with zero attached hydrogens (tertiary/aromatic N) is 1. The van der Waals surface area contributed by atoms with E-state index in [0.717, 1.165) is 6.42 Å². The van der Waals surface area contributed by atoms with Crippen molar-refractivity contribution in [3.8, 4) is 11.8 Å². The molecule has 0 fully saturated rings. The number of aliphatic hydroxyl groups is 1. The number of ether oxygens (including phenoxy) is 2. The van der Waals surface area contributed by atoms with E-state index in [1.165, 1.54) is 16.3 Å². The van der Waals surface area contributed by atoms with Crippen LogP contribution in [0.4, 0.5) is 0 Å². The maximum absolute atomic E-state index is 11.7. The van der Waals surface area contributed by atoms with Crippen molar-refractivity contribution in [1.82, 2.24) is 5.32 Å². The number of aliphatic hydroxyl groups excluding tert-OH is 1. The molecule has 3 aromatic rings. The molecule has 2 N–H and O–H groups in total. The van der Waals surface area contributed by atoms with Gasteiger partial charge >= 0.3 is 5.97 Å². The zero-order valence-corrected chi connectivity index (χ0v) is 20.0. The first-order valence-corrected chi connectivity index (χ1v) is 11.5. The van der Waals surface area contributed by atoms with Crippen LogP contribution < -0.4 is 10.1 Å². The predicted molar refractivity (Wildman–Crippen MR) is 133 cm³/mol. The molecule has 0 spiro atoms. The number of nitrogens with one attached hydrogen (secondary N) is 1. The Morgan fingerprint density at radius 1 is 1.09 bits per heavy atom. The topological polar surface area (TPSA) is 91.6 Å². The van der Waals surface area contributed by atoms with E-state index in [2.05, 4.69) is 55.6 Å². The molecule has 0 aliphatic carbocycles. The van der Waals surface area contributed by atoms with Crippen LogP contribution in [-0.4, -0.2) is 42.5 Å². The maximum Gasteiger partial charge on any atom is 0.310 e. The third kappa shape index (κ3) is 7.31. The number of fused-ring (bicyclic) bond motifs is 1. The van der Waals surface area contributed by atoms with Crippen LogP contribution in [0.5, 0.6) is 5.75 Å². The van der Waals surface area contributed by atoms with Crippen LogP contribution in [0.3, 0.4) is 0 Å². The second-order valence-electron chi connectivity index (χ2n) is 9.01. The fourth-order valence-corrected chi connectivity index (χ4v) is 3.84. The highest BCUT2D eigenvalue weighted by atomic mass is 16.5. The summed E-state index contributed by atoms with van der Waals surface area (Å²) in [5.41, 5.74) is 2.00. The first-order chi connectivity index (χ1) is 16.3. The molecule has 6 nitrogen and oxygen atoms in total. The van der Waals surface area contributed by atoms with Gasteiger partial charge in [-0.1, -0.05) is 48.5 Å². The Bertz CT molecular complexity index is 1170. The van der Waals surface area contributed by atoms with Crippen LogP contribution in [0.15, 0.2) is 60.7 Å². The van der Waals surface area contributed by atoms with E-state index in [4.69, 9.17) is 9.47 Å². The average molecular weight is 461 g/mol. The molecule has 0 radical (unpaired) electrons. The van der Waals surface area contributed by atoms with Crippen LogP contribution >= 0.6 is 0 Å². The van der Waals surface area contributed by atoms with Crippen LogP contribution in [0.1, 0.15) is 37.5 Å². The van der Waals surface area contributed by atoms with Gasteiger partial charge in [0.1, 0.15) is 24.5 Å². The van der Waals surface area contributed by atoms with Gasteiger partial charge in [-0.2, -0.15) is 5.26 Å². The summed E-state index contributed by atoms with van der Waals surface area (Å²) in [5, 5.41) is 25.7. The number of carbonyl (C=O) groups is 1. The van der Waals surface area contributed by atoms with Gasteiger partial charge in [0.25, 0.3) is 0 Å². The number of hydrogen-bond donors (Lipinski definition) is 2. The first kappa shape index (κ1) is 25.2. The monoisotopic (exact) mass is 460 g/mol. The summed E-state index contributed by atoms with van der Waals surface area (Å²) in [6, 6.07) is 21.8. The van der Waals surface area contributed by atoms with Gasteiger partial charge in [0.2, 0.25) is 0 Å². The highest BCUT2D eigenvalue weighted by Gasteiger charge is 2.20. The van der Waals surface area contributed by atoms with E-state index in [9.17, 15) is 15.2 Å². The lowest BCUT2D eigenvalue weighted by molar-refractivity contribution is -0.142. The molecule has 0 heterocycles. The normalized spacial score (nSPS) is 12.2. The number of hydrogen-bond acceptors (Lipinski definition) is 6. The molecule has 0 saturated carbocycles. The first-order valence-electron chi connectivity index (χ1n) is 11.5. The summed E-state index contributed by atoms with van der Waals surface area (Å²) in [7, 11) is 0. The van der Waals surface area contributed by atoms with Gasteiger partial charge < -0.3 is 19.9 Å².